The van der Waals surface area contributed by atoms with Gasteiger partial charge in [-0.05, 0) is 36.8 Å². The Morgan fingerprint density at radius 1 is 1.24 bits per heavy atom. The number of hydrogen-bond donors (Lipinski definition) is 2. The Bertz CT molecular complexity index is 654. The fraction of sp³-hybridized carbons (Fsp3) is 0.133. The van der Waals surface area contributed by atoms with Gasteiger partial charge in [0.25, 0.3) is 5.91 Å². The van der Waals surface area contributed by atoms with Crippen LogP contribution < -0.4 is 15.8 Å². The van der Waals surface area contributed by atoms with E-state index in [4.69, 9.17) is 10.5 Å². The molecule has 0 aliphatic carbocycles. The van der Waals surface area contributed by atoms with Gasteiger partial charge < -0.3 is 15.8 Å². The van der Waals surface area contributed by atoms with Gasteiger partial charge in [-0.1, -0.05) is 12.1 Å². The molecule has 2 aromatic rings. The number of hydrogen-bond acceptors (Lipinski definition) is 3. The number of carbonyl (C=O) groups is 1. The first-order valence-corrected chi connectivity index (χ1v) is 6.20. The summed E-state index contributed by atoms with van der Waals surface area (Å²) in [5.74, 6) is -2.82. The summed E-state index contributed by atoms with van der Waals surface area (Å²) in [5.41, 5.74) is 7.46. The fourth-order valence-electron chi connectivity index (χ4n) is 1.72. The van der Waals surface area contributed by atoms with Crippen molar-refractivity contribution in [2.75, 3.05) is 17.7 Å². The molecule has 3 N–H and O–H groups in total. The SMILES string of the molecule is Cc1ccc(N)cc1NC(=O)COc1c(F)cccc1F. The lowest BCUT2D eigenvalue weighted by Crippen LogP contribution is -2.21. The summed E-state index contributed by atoms with van der Waals surface area (Å²) in [6.07, 6.45) is 0. The Balaban J connectivity index is 2.01. The van der Waals surface area contributed by atoms with Gasteiger partial charge in [0, 0.05) is 11.4 Å². The summed E-state index contributed by atoms with van der Waals surface area (Å²) in [4.78, 5) is 11.8. The van der Waals surface area contributed by atoms with Crippen LogP contribution in [0, 0.1) is 18.6 Å². The minimum atomic E-state index is -0.858. The zero-order chi connectivity index (χ0) is 15.4. The topological polar surface area (TPSA) is 64.3 Å². The van der Waals surface area contributed by atoms with E-state index in [1.54, 1.807) is 25.1 Å². The van der Waals surface area contributed by atoms with E-state index in [9.17, 15) is 13.6 Å². The molecule has 0 saturated heterocycles. The third-order valence-electron chi connectivity index (χ3n) is 2.80. The van der Waals surface area contributed by atoms with Crippen LogP contribution >= 0.6 is 0 Å². The average molecular weight is 292 g/mol. The van der Waals surface area contributed by atoms with E-state index < -0.39 is 29.9 Å². The number of aryl methyl sites for hydroxylation is 1. The minimum absolute atomic E-state index is 0.497. The Hall–Kier alpha value is -2.63. The summed E-state index contributed by atoms with van der Waals surface area (Å²) >= 11 is 0. The molecule has 0 fully saturated rings. The van der Waals surface area contributed by atoms with E-state index in [1.165, 1.54) is 6.07 Å². The normalized spacial score (nSPS) is 10.2. The smallest absolute Gasteiger partial charge is 0.262 e. The molecular formula is C15H14F2N2O2. The second-order valence-electron chi connectivity index (χ2n) is 4.46. The number of nitrogen functional groups attached to an aromatic ring is 1. The summed E-state index contributed by atoms with van der Waals surface area (Å²) in [6, 6.07) is 8.37. The standard InChI is InChI=1S/C15H14F2N2O2/c1-9-5-6-10(18)7-13(9)19-14(20)8-21-15-11(16)3-2-4-12(15)17/h2-7H,8,18H2,1H3,(H,19,20). The number of benzene rings is 2. The van der Waals surface area contributed by atoms with Crippen molar-refractivity contribution in [1.29, 1.82) is 0 Å². The Morgan fingerprint density at radius 2 is 1.90 bits per heavy atom. The monoisotopic (exact) mass is 292 g/mol. The van der Waals surface area contributed by atoms with Crippen molar-refractivity contribution >= 4 is 17.3 Å². The first-order chi connectivity index (χ1) is 9.97. The summed E-state index contributed by atoms with van der Waals surface area (Å²) in [6.45, 7) is 1.29. The molecule has 0 bridgehead atoms. The molecule has 0 saturated carbocycles. The van der Waals surface area contributed by atoms with Crippen molar-refractivity contribution in [2.24, 2.45) is 0 Å². The number of nitrogens with one attached hydrogen (secondary N) is 1. The van der Waals surface area contributed by atoms with Crippen LogP contribution in [0.15, 0.2) is 36.4 Å². The van der Waals surface area contributed by atoms with Crippen molar-refractivity contribution in [1.82, 2.24) is 0 Å². The van der Waals surface area contributed by atoms with Crippen molar-refractivity contribution in [3.63, 3.8) is 0 Å². The highest BCUT2D eigenvalue weighted by Gasteiger charge is 2.12. The van der Waals surface area contributed by atoms with Crippen LogP contribution in [-0.2, 0) is 4.79 Å². The summed E-state index contributed by atoms with van der Waals surface area (Å²) in [5, 5.41) is 2.57. The predicted molar refractivity (Wildman–Crippen MR) is 76.1 cm³/mol. The molecule has 6 heteroatoms. The molecule has 110 valence electrons. The maximum Gasteiger partial charge on any atom is 0.262 e. The van der Waals surface area contributed by atoms with Crippen molar-refractivity contribution < 1.29 is 18.3 Å². The maximum absolute atomic E-state index is 13.3. The Labute approximate surface area is 120 Å². The minimum Gasteiger partial charge on any atom is -0.478 e. The fourth-order valence-corrected chi connectivity index (χ4v) is 1.72. The second-order valence-corrected chi connectivity index (χ2v) is 4.46. The summed E-state index contributed by atoms with van der Waals surface area (Å²) < 4.78 is 31.5. The zero-order valence-corrected chi connectivity index (χ0v) is 11.3. The van der Waals surface area contributed by atoms with Crippen LogP contribution in [0.3, 0.4) is 0 Å². The molecule has 0 aliphatic heterocycles. The van der Waals surface area contributed by atoms with Gasteiger partial charge >= 0.3 is 0 Å². The van der Waals surface area contributed by atoms with E-state index in [0.29, 0.717) is 11.4 Å². The van der Waals surface area contributed by atoms with Crippen molar-refractivity contribution in [3.8, 4) is 5.75 Å². The molecule has 0 atom stereocenters. The van der Waals surface area contributed by atoms with Gasteiger partial charge in [0.1, 0.15) is 0 Å². The average Bonchev–Trinajstić information content (AvgIpc) is 2.42. The molecule has 2 rings (SSSR count). The highest BCUT2D eigenvalue weighted by Crippen LogP contribution is 2.21. The lowest BCUT2D eigenvalue weighted by Gasteiger charge is -2.11. The molecule has 0 unspecified atom stereocenters. The van der Waals surface area contributed by atoms with Gasteiger partial charge in [-0.2, -0.15) is 0 Å². The Kier molecular flexibility index (Phi) is 4.37. The van der Waals surface area contributed by atoms with Gasteiger partial charge in [-0.25, -0.2) is 8.78 Å². The van der Waals surface area contributed by atoms with Crippen molar-refractivity contribution in [2.45, 2.75) is 6.92 Å². The molecule has 0 radical (unpaired) electrons. The predicted octanol–water partition coefficient (Wildman–Crippen LogP) is 2.87. The largest absolute Gasteiger partial charge is 0.478 e. The molecular weight excluding hydrogens is 278 g/mol. The molecule has 0 aliphatic rings. The van der Waals surface area contributed by atoms with Gasteiger partial charge in [0.15, 0.2) is 24.0 Å². The molecule has 2 aromatic carbocycles. The van der Waals surface area contributed by atoms with Gasteiger partial charge in [0.05, 0.1) is 0 Å². The molecule has 0 heterocycles. The highest BCUT2D eigenvalue weighted by molar-refractivity contribution is 5.93. The lowest BCUT2D eigenvalue weighted by molar-refractivity contribution is -0.118. The molecule has 21 heavy (non-hydrogen) atoms. The Morgan fingerprint density at radius 3 is 2.57 bits per heavy atom. The maximum atomic E-state index is 13.3. The van der Waals surface area contributed by atoms with Gasteiger partial charge in [0.2, 0.25) is 0 Å². The van der Waals surface area contributed by atoms with Crippen LogP contribution in [-0.4, -0.2) is 12.5 Å². The number of para-hydroxylation sites is 1. The third kappa shape index (κ3) is 3.68. The van der Waals surface area contributed by atoms with Crippen LogP contribution in [0.25, 0.3) is 0 Å². The number of anilines is 2. The second kappa shape index (κ2) is 6.21. The van der Waals surface area contributed by atoms with Crippen LogP contribution in [0.2, 0.25) is 0 Å². The third-order valence-corrected chi connectivity index (χ3v) is 2.80. The van der Waals surface area contributed by atoms with E-state index in [1.807, 2.05) is 0 Å². The molecule has 0 spiro atoms. The van der Waals surface area contributed by atoms with Crippen LogP contribution in [0.4, 0.5) is 20.2 Å². The van der Waals surface area contributed by atoms with Crippen LogP contribution in [0.5, 0.6) is 5.75 Å². The number of rotatable bonds is 4. The van der Waals surface area contributed by atoms with Crippen molar-refractivity contribution in [3.05, 3.63) is 53.6 Å². The first kappa shape index (κ1) is 14.8. The number of nitrogens with two attached hydrogens (primary N) is 1. The highest BCUT2D eigenvalue weighted by atomic mass is 19.1. The van der Waals surface area contributed by atoms with E-state index in [2.05, 4.69) is 5.32 Å². The van der Waals surface area contributed by atoms with Gasteiger partial charge in [-0.3, -0.25) is 4.79 Å². The van der Waals surface area contributed by atoms with Gasteiger partial charge in [-0.15, -0.1) is 0 Å². The quantitative estimate of drug-likeness (QED) is 0.852. The number of amides is 1. The van der Waals surface area contributed by atoms with E-state index in [0.717, 1.165) is 17.7 Å². The molecule has 4 nitrogen and oxygen atoms in total. The number of halogens is 2. The first-order valence-electron chi connectivity index (χ1n) is 6.20. The van der Waals surface area contributed by atoms with E-state index in [-0.39, 0.29) is 0 Å². The summed E-state index contributed by atoms with van der Waals surface area (Å²) in [7, 11) is 0. The molecule has 1 amide bonds. The number of ether oxygens (including phenoxy) is 1. The number of carbonyl (C=O) groups excluding carboxylic acids is 1. The molecule has 0 aromatic heterocycles. The van der Waals surface area contributed by atoms with Crippen LogP contribution in [0.1, 0.15) is 5.56 Å². The van der Waals surface area contributed by atoms with E-state index >= 15 is 0 Å². The lowest BCUT2D eigenvalue weighted by atomic mass is 10.2. The zero-order valence-electron chi connectivity index (χ0n) is 11.3.